The minimum absolute atomic E-state index is 0.930. The van der Waals surface area contributed by atoms with Crippen LogP contribution in [0.3, 0.4) is 0 Å². The van der Waals surface area contributed by atoms with Crippen molar-refractivity contribution in [2.24, 2.45) is 0 Å². The Hall–Kier alpha value is -1.77. The summed E-state index contributed by atoms with van der Waals surface area (Å²) in [6, 6.07) is 8.80. The molecule has 0 aliphatic heterocycles. The maximum atomic E-state index is 4.39. The van der Waals surface area contributed by atoms with E-state index >= 15 is 0 Å². The number of unbranched alkanes of at least 4 members (excludes halogenated alkanes) is 2. The summed E-state index contributed by atoms with van der Waals surface area (Å²) in [6.07, 6.45) is 9.89. The summed E-state index contributed by atoms with van der Waals surface area (Å²) in [6.45, 7) is 5.40. The molecule has 0 spiro atoms. The van der Waals surface area contributed by atoms with Gasteiger partial charge in [-0.1, -0.05) is 38.8 Å². The van der Waals surface area contributed by atoms with E-state index in [0.29, 0.717) is 0 Å². The van der Waals surface area contributed by atoms with E-state index in [1.807, 2.05) is 12.4 Å². The maximum Gasteiger partial charge on any atom is 0.207 e. The fourth-order valence-corrected chi connectivity index (χ4v) is 2.22. The zero-order chi connectivity index (χ0) is 14.2. The second-order valence-electron chi connectivity index (χ2n) is 5.17. The molecule has 1 N–H and O–H groups in total. The van der Waals surface area contributed by atoms with E-state index in [-0.39, 0.29) is 0 Å². The quantitative estimate of drug-likeness (QED) is 0.720. The summed E-state index contributed by atoms with van der Waals surface area (Å²) >= 11 is 0. The number of aryl methyl sites for hydroxylation is 1. The van der Waals surface area contributed by atoms with Crippen LogP contribution in [-0.4, -0.2) is 16.1 Å². The van der Waals surface area contributed by atoms with Crippen molar-refractivity contribution in [2.45, 2.75) is 46.0 Å². The van der Waals surface area contributed by atoms with E-state index < -0.39 is 0 Å². The normalized spacial score (nSPS) is 10.7. The van der Waals surface area contributed by atoms with E-state index in [9.17, 15) is 0 Å². The molecule has 3 nitrogen and oxygen atoms in total. The zero-order valence-corrected chi connectivity index (χ0v) is 12.6. The number of hydrogen-bond acceptors (Lipinski definition) is 2. The molecule has 0 amide bonds. The standard InChI is InChI=1S/C17H25N3/c1-3-5-7-15-8-10-16(11-9-15)20-14-13-19-17(20)18-12-6-4-2/h8-11,13-14H,3-7,12H2,1-2H3,(H,18,19). The van der Waals surface area contributed by atoms with Crippen LogP contribution in [0.15, 0.2) is 36.7 Å². The average molecular weight is 271 g/mol. The molecule has 0 atom stereocenters. The molecule has 20 heavy (non-hydrogen) atoms. The Morgan fingerprint density at radius 1 is 1.05 bits per heavy atom. The number of nitrogens with zero attached hydrogens (tertiary/aromatic N) is 2. The first kappa shape index (κ1) is 14.6. The molecule has 0 aliphatic carbocycles. The van der Waals surface area contributed by atoms with Crippen molar-refractivity contribution in [3.8, 4) is 5.69 Å². The van der Waals surface area contributed by atoms with Gasteiger partial charge in [0.1, 0.15) is 0 Å². The molecule has 2 aromatic rings. The van der Waals surface area contributed by atoms with Gasteiger partial charge in [0, 0.05) is 24.6 Å². The molecule has 3 heteroatoms. The molecule has 0 fully saturated rings. The van der Waals surface area contributed by atoms with Crippen LogP contribution in [0.4, 0.5) is 5.95 Å². The van der Waals surface area contributed by atoms with Gasteiger partial charge < -0.3 is 5.32 Å². The number of rotatable bonds is 8. The fraction of sp³-hybridized carbons (Fsp3) is 0.471. The average Bonchev–Trinajstić information content (AvgIpc) is 2.94. The van der Waals surface area contributed by atoms with Gasteiger partial charge in [0.05, 0.1) is 0 Å². The molecule has 0 radical (unpaired) electrons. The Bertz CT molecular complexity index is 499. The van der Waals surface area contributed by atoms with Crippen molar-refractivity contribution < 1.29 is 0 Å². The highest BCUT2D eigenvalue weighted by Gasteiger charge is 2.04. The third-order valence-corrected chi connectivity index (χ3v) is 3.49. The molecule has 1 aromatic carbocycles. The summed E-state index contributed by atoms with van der Waals surface area (Å²) in [4.78, 5) is 4.39. The van der Waals surface area contributed by atoms with Gasteiger partial charge in [0.15, 0.2) is 0 Å². The van der Waals surface area contributed by atoms with Crippen molar-refractivity contribution in [3.05, 3.63) is 42.2 Å². The molecule has 108 valence electrons. The molecule has 0 unspecified atom stereocenters. The van der Waals surface area contributed by atoms with Crippen LogP contribution in [-0.2, 0) is 6.42 Å². The highest BCUT2D eigenvalue weighted by Crippen LogP contribution is 2.16. The van der Waals surface area contributed by atoms with Gasteiger partial charge in [-0.2, -0.15) is 0 Å². The summed E-state index contributed by atoms with van der Waals surface area (Å²) in [5, 5.41) is 3.39. The zero-order valence-electron chi connectivity index (χ0n) is 12.6. The van der Waals surface area contributed by atoms with Crippen LogP contribution in [0.1, 0.15) is 45.1 Å². The van der Waals surface area contributed by atoms with E-state index in [2.05, 4.69) is 53.0 Å². The van der Waals surface area contributed by atoms with Crippen molar-refractivity contribution >= 4 is 5.95 Å². The minimum Gasteiger partial charge on any atom is -0.355 e. The van der Waals surface area contributed by atoms with Crippen LogP contribution >= 0.6 is 0 Å². The van der Waals surface area contributed by atoms with Gasteiger partial charge in [-0.05, 0) is 37.0 Å². The molecular formula is C17H25N3. The lowest BCUT2D eigenvalue weighted by Gasteiger charge is -2.10. The summed E-state index contributed by atoms with van der Waals surface area (Å²) in [5.74, 6) is 0.930. The molecule has 0 saturated carbocycles. The minimum atomic E-state index is 0.930. The van der Waals surface area contributed by atoms with Crippen molar-refractivity contribution in [1.82, 2.24) is 9.55 Å². The lowest BCUT2D eigenvalue weighted by molar-refractivity contribution is 0.794. The number of hydrogen-bond donors (Lipinski definition) is 1. The number of aromatic nitrogens is 2. The first-order chi connectivity index (χ1) is 9.85. The highest BCUT2D eigenvalue weighted by molar-refractivity contribution is 5.42. The van der Waals surface area contributed by atoms with Gasteiger partial charge in [-0.25, -0.2) is 4.98 Å². The second-order valence-corrected chi connectivity index (χ2v) is 5.17. The third-order valence-electron chi connectivity index (χ3n) is 3.49. The summed E-state index contributed by atoms with van der Waals surface area (Å²) in [7, 11) is 0. The van der Waals surface area contributed by atoms with Crippen molar-refractivity contribution in [3.63, 3.8) is 0 Å². The maximum absolute atomic E-state index is 4.39. The van der Waals surface area contributed by atoms with Gasteiger partial charge >= 0.3 is 0 Å². The molecule has 0 aliphatic rings. The lowest BCUT2D eigenvalue weighted by atomic mass is 10.1. The van der Waals surface area contributed by atoms with E-state index in [1.54, 1.807) is 0 Å². The van der Waals surface area contributed by atoms with Gasteiger partial charge in [-0.15, -0.1) is 0 Å². The number of imidazole rings is 1. The highest BCUT2D eigenvalue weighted by atomic mass is 15.2. The number of anilines is 1. The Morgan fingerprint density at radius 2 is 1.80 bits per heavy atom. The third kappa shape index (κ3) is 3.86. The molecule has 0 saturated heterocycles. The van der Waals surface area contributed by atoms with Gasteiger partial charge in [-0.3, -0.25) is 4.57 Å². The first-order valence-corrected chi connectivity index (χ1v) is 7.71. The van der Waals surface area contributed by atoms with Crippen LogP contribution in [0.2, 0.25) is 0 Å². The van der Waals surface area contributed by atoms with E-state index in [0.717, 1.165) is 12.5 Å². The van der Waals surface area contributed by atoms with Crippen LogP contribution in [0, 0.1) is 0 Å². The Labute approximate surface area is 122 Å². The molecule has 1 heterocycles. The van der Waals surface area contributed by atoms with Gasteiger partial charge in [0.25, 0.3) is 0 Å². The number of benzene rings is 1. The summed E-state index contributed by atoms with van der Waals surface area (Å²) < 4.78 is 2.11. The second kappa shape index (κ2) is 7.73. The largest absolute Gasteiger partial charge is 0.355 e. The molecular weight excluding hydrogens is 246 g/mol. The van der Waals surface area contributed by atoms with Crippen LogP contribution < -0.4 is 5.32 Å². The number of nitrogens with one attached hydrogen (secondary N) is 1. The SMILES string of the molecule is CCCCNc1nccn1-c1ccc(CCCC)cc1. The Balaban J connectivity index is 2.05. The van der Waals surface area contributed by atoms with E-state index in [1.165, 1.54) is 43.4 Å². The Morgan fingerprint density at radius 3 is 2.50 bits per heavy atom. The monoisotopic (exact) mass is 271 g/mol. The van der Waals surface area contributed by atoms with E-state index in [4.69, 9.17) is 0 Å². The van der Waals surface area contributed by atoms with Gasteiger partial charge in [0.2, 0.25) is 5.95 Å². The van der Waals surface area contributed by atoms with Crippen molar-refractivity contribution in [2.75, 3.05) is 11.9 Å². The molecule has 2 rings (SSSR count). The molecule has 0 bridgehead atoms. The smallest absolute Gasteiger partial charge is 0.207 e. The van der Waals surface area contributed by atoms with Crippen LogP contribution in [0.25, 0.3) is 5.69 Å². The summed E-state index contributed by atoms with van der Waals surface area (Å²) in [5.41, 5.74) is 2.58. The fourth-order valence-electron chi connectivity index (χ4n) is 2.22. The van der Waals surface area contributed by atoms with Crippen molar-refractivity contribution in [1.29, 1.82) is 0 Å². The topological polar surface area (TPSA) is 29.9 Å². The predicted octanol–water partition coefficient (Wildman–Crippen LogP) is 4.43. The van der Waals surface area contributed by atoms with Crippen LogP contribution in [0.5, 0.6) is 0 Å². The lowest BCUT2D eigenvalue weighted by Crippen LogP contribution is -2.07. The molecule has 1 aromatic heterocycles. The first-order valence-electron chi connectivity index (χ1n) is 7.71. The Kier molecular flexibility index (Phi) is 5.66. The predicted molar refractivity (Wildman–Crippen MR) is 85.6 cm³/mol.